The fraction of sp³-hybridized carbons (Fsp3) is 0.333. The molecule has 0 bridgehead atoms. The van der Waals surface area contributed by atoms with E-state index in [1.54, 1.807) is 0 Å². The first-order chi connectivity index (χ1) is 6.43. The van der Waals surface area contributed by atoms with Gasteiger partial charge in [-0.25, -0.2) is 8.78 Å². The molecule has 0 amide bonds. The average molecular weight is 266 g/mol. The van der Waals surface area contributed by atoms with Crippen molar-refractivity contribution in [1.82, 2.24) is 0 Å². The fourth-order valence-electron chi connectivity index (χ4n) is 1.07. The predicted molar refractivity (Wildman–Crippen MR) is 52.7 cm³/mol. The highest BCUT2D eigenvalue weighted by Gasteiger charge is 2.19. The highest BCUT2D eigenvalue weighted by atomic mass is 79.9. The summed E-state index contributed by atoms with van der Waals surface area (Å²) in [5, 5.41) is 9.48. The first kappa shape index (κ1) is 11.6. The Hall–Kier alpha value is -0.520. The van der Waals surface area contributed by atoms with Crippen molar-refractivity contribution in [3.8, 4) is 0 Å². The van der Waals surface area contributed by atoms with Crippen LogP contribution in [-0.2, 0) is 0 Å². The van der Waals surface area contributed by atoms with Crippen LogP contribution in [0.5, 0.6) is 0 Å². The molecular weight excluding hydrogens is 256 g/mol. The number of rotatable bonds is 2. The van der Waals surface area contributed by atoms with E-state index >= 15 is 0 Å². The molecule has 78 valence electrons. The molecule has 0 aliphatic rings. The van der Waals surface area contributed by atoms with E-state index in [9.17, 15) is 13.9 Å². The summed E-state index contributed by atoms with van der Waals surface area (Å²) in [6.07, 6.45) is -1.21. The molecule has 1 aromatic carbocycles. The van der Waals surface area contributed by atoms with Crippen LogP contribution in [0.15, 0.2) is 16.6 Å². The maximum Gasteiger partial charge on any atom is 0.143 e. The van der Waals surface area contributed by atoms with E-state index in [1.807, 2.05) is 0 Å². The molecule has 0 saturated carbocycles. The second-order valence-corrected chi connectivity index (χ2v) is 3.95. The first-order valence-corrected chi connectivity index (χ1v) is 4.81. The first-order valence-electron chi connectivity index (χ1n) is 4.01. The smallest absolute Gasteiger partial charge is 0.143 e. The molecule has 1 rings (SSSR count). The molecule has 0 aliphatic heterocycles. The third-order valence-corrected chi connectivity index (χ3v) is 2.41. The zero-order valence-corrected chi connectivity index (χ0v) is 9.05. The van der Waals surface area contributed by atoms with Crippen molar-refractivity contribution in [1.29, 1.82) is 0 Å². The van der Waals surface area contributed by atoms with Crippen LogP contribution in [-0.4, -0.2) is 11.1 Å². The van der Waals surface area contributed by atoms with Crippen LogP contribution in [0, 0.1) is 11.6 Å². The minimum absolute atomic E-state index is 0.0211. The standard InChI is InChI=1S/C9H10BrF2NO/c1-4(13)9(14)6-2-5(11)3-7(10)8(6)12/h2-4,9,14H,13H2,1H3/t4-,9-/m1/s1. The summed E-state index contributed by atoms with van der Waals surface area (Å²) in [5.74, 6) is -1.30. The van der Waals surface area contributed by atoms with E-state index in [-0.39, 0.29) is 10.0 Å². The van der Waals surface area contributed by atoms with Crippen LogP contribution in [0.3, 0.4) is 0 Å². The van der Waals surface area contributed by atoms with Gasteiger partial charge in [-0.2, -0.15) is 0 Å². The Balaban J connectivity index is 3.20. The van der Waals surface area contributed by atoms with Crippen molar-refractivity contribution in [2.45, 2.75) is 19.1 Å². The molecule has 14 heavy (non-hydrogen) atoms. The van der Waals surface area contributed by atoms with Crippen LogP contribution < -0.4 is 5.73 Å². The van der Waals surface area contributed by atoms with E-state index in [1.165, 1.54) is 6.92 Å². The lowest BCUT2D eigenvalue weighted by molar-refractivity contribution is 0.148. The summed E-state index contributed by atoms with van der Waals surface area (Å²) in [4.78, 5) is 0. The number of nitrogens with two attached hydrogens (primary N) is 1. The lowest BCUT2D eigenvalue weighted by atomic mass is 10.0. The van der Waals surface area contributed by atoms with Gasteiger partial charge in [0.05, 0.1) is 10.6 Å². The average Bonchev–Trinajstić information content (AvgIpc) is 2.09. The quantitative estimate of drug-likeness (QED) is 0.805. The minimum Gasteiger partial charge on any atom is -0.387 e. The minimum atomic E-state index is -1.21. The third-order valence-electron chi connectivity index (χ3n) is 1.84. The molecule has 0 aliphatic carbocycles. The van der Waals surface area contributed by atoms with Gasteiger partial charge in [0.1, 0.15) is 11.6 Å². The molecule has 1 aromatic rings. The van der Waals surface area contributed by atoms with Crippen LogP contribution in [0.4, 0.5) is 8.78 Å². The fourth-order valence-corrected chi connectivity index (χ4v) is 1.52. The van der Waals surface area contributed by atoms with Crippen LogP contribution in [0.2, 0.25) is 0 Å². The Kier molecular flexibility index (Phi) is 3.58. The zero-order valence-electron chi connectivity index (χ0n) is 7.47. The van der Waals surface area contributed by atoms with Gasteiger partial charge in [0, 0.05) is 11.6 Å². The maximum absolute atomic E-state index is 13.4. The third kappa shape index (κ3) is 2.29. The summed E-state index contributed by atoms with van der Waals surface area (Å²) in [6.45, 7) is 1.52. The summed E-state index contributed by atoms with van der Waals surface area (Å²) < 4.78 is 26.2. The Morgan fingerprint density at radius 3 is 2.50 bits per heavy atom. The molecule has 2 atom stereocenters. The van der Waals surface area contributed by atoms with Gasteiger partial charge in [-0.1, -0.05) is 0 Å². The van der Waals surface area contributed by atoms with E-state index < -0.39 is 23.8 Å². The van der Waals surface area contributed by atoms with Gasteiger partial charge in [0.2, 0.25) is 0 Å². The lowest BCUT2D eigenvalue weighted by Gasteiger charge is -2.16. The molecule has 2 nitrogen and oxygen atoms in total. The normalized spacial score (nSPS) is 15.3. The van der Waals surface area contributed by atoms with Crippen molar-refractivity contribution in [3.05, 3.63) is 33.8 Å². The Morgan fingerprint density at radius 2 is 2.00 bits per heavy atom. The lowest BCUT2D eigenvalue weighted by Crippen LogP contribution is -2.25. The van der Waals surface area contributed by atoms with Gasteiger partial charge in [-0.3, -0.25) is 0 Å². The van der Waals surface area contributed by atoms with Gasteiger partial charge in [0.15, 0.2) is 0 Å². The second kappa shape index (κ2) is 4.33. The molecule has 5 heteroatoms. The number of aliphatic hydroxyl groups excluding tert-OH is 1. The number of aliphatic hydroxyl groups is 1. The van der Waals surface area contributed by atoms with Gasteiger partial charge in [0.25, 0.3) is 0 Å². The van der Waals surface area contributed by atoms with Crippen molar-refractivity contribution in [2.24, 2.45) is 5.73 Å². The van der Waals surface area contributed by atoms with Crippen molar-refractivity contribution < 1.29 is 13.9 Å². The highest BCUT2D eigenvalue weighted by molar-refractivity contribution is 9.10. The van der Waals surface area contributed by atoms with Crippen molar-refractivity contribution in [2.75, 3.05) is 0 Å². The molecule has 0 radical (unpaired) electrons. The van der Waals surface area contributed by atoms with Crippen LogP contribution >= 0.6 is 15.9 Å². The van der Waals surface area contributed by atoms with Gasteiger partial charge >= 0.3 is 0 Å². The summed E-state index contributed by atoms with van der Waals surface area (Å²) >= 11 is 2.85. The van der Waals surface area contributed by atoms with E-state index in [4.69, 9.17) is 5.73 Å². The molecule has 0 saturated heterocycles. The van der Waals surface area contributed by atoms with Crippen molar-refractivity contribution in [3.63, 3.8) is 0 Å². The number of hydrogen-bond acceptors (Lipinski definition) is 2. The molecule has 0 aromatic heterocycles. The molecule has 0 fully saturated rings. The largest absolute Gasteiger partial charge is 0.387 e. The van der Waals surface area contributed by atoms with Crippen LogP contribution in [0.1, 0.15) is 18.6 Å². The van der Waals surface area contributed by atoms with Crippen molar-refractivity contribution >= 4 is 15.9 Å². The Morgan fingerprint density at radius 1 is 1.43 bits per heavy atom. The Labute approximate surface area is 88.9 Å². The topological polar surface area (TPSA) is 46.2 Å². The molecule has 0 spiro atoms. The maximum atomic E-state index is 13.4. The van der Waals surface area contributed by atoms with E-state index in [0.29, 0.717) is 0 Å². The Bertz CT molecular complexity index is 344. The van der Waals surface area contributed by atoms with E-state index in [2.05, 4.69) is 15.9 Å². The molecule has 0 heterocycles. The van der Waals surface area contributed by atoms with Gasteiger partial charge in [-0.05, 0) is 35.0 Å². The summed E-state index contributed by atoms with van der Waals surface area (Å²) in [6, 6.07) is 1.28. The zero-order chi connectivity index (χ0) is 10.9. The predicted octanol–water partition coefficient (Wildman–Crippen LogP) is 2.11. The SMILES string of the molecule is C[C@@H](N)[C@@H](O)c1cc(F)cc(Br)c1F. The second-order valence-electron chi connectivity index (χ2n) is 3.09. The van der Waals surface area contributed by atoms with Gasteiger partial charge in [-0.15, -0.1) is 0 Å². The molecular formula is C9H10BrF2NO. The highest BCUT2D eigenvalue weighted by Crippen LogP contribution is 2.26. The van der Waals surface area contributed by atoms with E-state index in [0.717, 1.165) is 12.1 Å². The van der Waals surface area contributed by atoms with Crippen LogP contribution in [0.25, 0.3) is 0 Å². The monoisotopic (exact) mass is 265 g/mol. The summed E-state index contributed by atoms with van der Waals surface area (Å²) in [5.41, 5.74) is 5.25. The summed E-state index contributed by atoms with van der Waals surface area (Å²) in [7, 11) is 0. The number of hydrogen-bond donors (Lipinski definition) is 2. The number of benzene rings is 1. The molecule has 3 N–H and O–H groups in total. The number of halogens is 3. The van der Waals surface area contributed by atoms with Gasteiger partial charge < -0.3 is 10.8 Å². The molecule has 0 unspecified atom stereocenters.